The van der Waals surface area contributed by atoms with Gasteiger partial charge in [0.1, 0.15) is 0 Å². The van der Waals surface area contributed by atoms with Crippen LogP contribution in [0.2, 0.25) is 0 Å². The molecule has 6 heteroatoms. The summed E-state index contributed by atoms with van der Waals surface area (Å²) in [5.41, 5.74) is 1.61. The van der Waals surface area contributed by atoms with E-state index in [-0.39, 0.29) is 5.91 Å². The number of rotatable bonds is 9. The van der Waals surface area contributed by atoms with E-state index in [0.29, 0.717) is 34.7 Å². The van der Waals surface area contributed by atoms with Gasteiger partial charge in [0, 0.05) is 24.3 Å². The Balaban J connectivity index is 1.85. The van der Waals surface area contributed by atoms with Crippen molar-refractivity contribution in [3.05, 3.63) is 52.5 Å². The van der Waals surface area contributed by atoms with Crippen molar-refractivity contribution in [3.63, 3.8) is 0 Å². The zero-order chi connectivity index (χ0) is 18.1. The third-order valence-electron chi connectivity index (χ3n) is 3.52. The summed E-state index contributed by atoms with van der Waals surface area (Å²) in [4.78, 5) is 12.3. The van der Waals surface area contributed by atoms with Crippen LogP contribution in [0.4, 0.5) is 5.69 Å². The molecule has 0 bridgehead atoms. The highest BCUT2D eigenvalue weighted by Gasteiger charge is 2.15. The molecule has 25 heavy (non-hydrogen) atoms. The minimum Gasteiger partial charge on any atom is -0.493 e. The molecular weight excluding hydrogens is 384 g/mol. The summed E-state index contributed by atoms with van der Waals surface area (Å²) in [5, 5.41) is 6.23. The molecule has 0 atom stereocenters. The number of carbonyl (C=O) groups is 1. The Labute approximate surface area is 156 Å². The Kier molecular flexibility index (Phi) is 7.60. The van der Waals surface area contributed by atoms with E-state index in [1.807, 2.05) is 37.3 Å². The molecule has 0 aliphatic heterocycles. The van der Waals surface area contributed by atoms with Crippen LogP contribution in [0.3, 0.4) is 0 Å². The van der Waals surface area contributed by atoms with Gasteiger partial charge in [0.05, 0.1) is 18.2 Å². The predicted octanol–water partition coefficient (Wildman–Crippen LogP) is 4.09. The summed E-state index contributed by atoms with van der Waals surface area (Å²) in [6.45, 7) is 3.80. The molecule has 0 saturated heterocycles. The Morgan fingerprint density at radius 3 is 2.60 bits per heavy atom. The van der Waals surface area contributed by atoms with Crippen LogP contribution < -0.4 is 20.1 Å². The van der Waals surface area contributed by atoms with Crippen LogP contribution in [-0.4, -0.2) is 32.7 Å². The number of benzene rings is 2. The minimum absolute atomic E-state index is 0.137. The second-order valence-corrected chi connectivity index (χ2v) is 6.18. The Morgan fingerprint density at radius 1 is 1.16 bits per heavy atom. The molecule has 0 fully saturated rings. The standard InChI is InChI=1S/C19H23BrN2O3/c1-3-25-18-16(20)12-14(13-17(18)24-2)19(23)22-11-7-10-21-15-8-5-4-6-9-15/h4-6,8-9,12-13,21H,3,7,10-11H2,1-2H3,(H,22,23). The maximum atomic E-state index is 12.3. The van der Waals surface area contributed by atoms with Gasteiger partial charge in [-0.3, -0.25) is 4.79 Å². The number of para-hydroxylation sites is 1. The number of carbonyl (C=O) groups excluding carboxylic acids is 1. The molecule has 2 rings (SSSR count). The average molecular weight is 407 g/mol. The van der Waals surface area contributed by atoms with Gasteiger partial charge in [0.2, 0.25) is 0 Å². The number of ether oxygens (including phenoxy) is 2. The van der Waals surface area contributed by atoms with E-state index in [2.05, 4.69) is 26.6 Å². The number of methoxy groups -OCH3 is 1. The zero-order valence-corrected chi connectivity index (χ0v) is 16.1. The Bertz CT molecular complexity index is 693. The molecule has 1 amide bonds. The van der Waals surface area contributed by atoms with Gasteiger partial charge in [0.25, 0.3) is 5.91 Å². The second-order valence-electron chi connectivity index (χ2n) is 5.32. The Morgan fingerprint density at radius 2 is 1.92 bits per heavy atom. The molecule has 5 nitrogen and oxygen atoms in total. The summed E-state index contributed by atoms with van der Waals surface area (Å²) < 4.78 is 11.6. The lowest BCUT2D eigenvalue weighted by Gasteiger charge is -2.13. The molecule has 0 heterocycles. The average Bonchev–Trinajstić information content (AvgIpc) is 2.63. The Hall–Kier alpha value is -2.21. The third-order valence-corrected chi connectivity index (χ3v) is 4.11. The maximum Gasteiger partial charge on any atom is 0.251 e. The highest BCUT2D eigenvalue weighted by molar-refractivity contribution is 9.10. The molecule has 2 aromatic carbocycles. The van der Waals surface area contributed by atoms with Gasteiger partial charge in [-0.05, 0) is 53.5 Å². The highest BCUT2D eigenvalue weighted by Crippen LogP contribution is 2.36. The first kappa shape index (κ1) is 19.1. The summed E-state index contributed by atoms with van der Waals surface area (Å²) in [7, 11) is 1.56. The van der Waals surface area contributed by atoms with Gasteiger partial charge in [-0.15, -0.1) is 0 Å². The summed E-state index contributed by atoms with van der Waals surface area (Å²) in [5.74, 6) is 1.00. The SMILES string of the molecule is CCOc1c(Br)cc(C(=O)NCCCNc2ccccc2)cc1OC. The lowest BCUT2D eigenvalue weighted by atomic mass is 10.2. The summed E-state index contributed by atoms with van der Waals surface area (Å²) >= 11 is 3.43. The van der Waals surface area contributed by atoms with Gasteiger partial charge in [-0.1, -0.05) is 18.2 Å². The van der Waals surface area contributed by atoms with Crippen molar-refractivity contribution in [1.29, 1.82) is 0 Å². The van der Waals surface area contributed by atoms with Gasteiger partial charge in [-0.2, -0.15) is 0 Å². The van der Waals surface area contributed by atoms with E-state index in [1.54, 1.807) is 19.2 Å². The molecule has 134 valence electrons. The normalized spacial score (nSPS) is 10.2. The number of halogens is 1. The van der Waals surface area contributed by atoms with E-state index in [4.69, 9.17) is 9.47 Å². The smallest absolute Gasteiger partial charge is 0.251 e. The largest absolute Gasteiger partial charge is 0.493 e. The fourth-order valence-corrected chi connectivity index (χ4v) is 2.87. The lowest BCUT2D eigenvalue weighted by molar-refractivity contribution is 0.0953. The number of nitrogens with one attached hydrogen (secondary N) is 2. The number of anilines is 1. The summed E-state index contributed by atoms with van der Waals surface area (Å²) in [6, 6.07) is 13.4. The maximum absolute atomic E-state index is 12.3. The monoisotopic (exact) mass is 406 g/mol. The topological polar surface area (TPSA) is 59.6 Å². The van der Waals surface area contributed by atoms with Crippen LogP contribution in [0.25, 0.3) is 0 Å². The van der Waals surface area contributed by atoms with Crippen LogP contribution in [0.1, 0.15) is 23.7 Å². The molecule has 2 aromatic rings. The number of hydrogen-bond acceptors (Lipinski definition) is 4. The third kappa shape index (κ3) is 5.67. The van der Waals surface area contributed by atoms with Crippen molar-refractivity contribution in [2.24, 2.45) is 0 Å². The molecule has 0 spiro atoms. The summed E-state index contributed by atoms with van der Waals surface area (Å²) in [6.07, 6.45) is 0.829. The van der Waals surface area contributed by atoms with Crippen LogP contribution >= 0.6 is 15.9 Å². The van der Waals surface area contributed by atoms with E-state index in [0.717, 1.165) is 18.7 Å². The quantitative estimate of drug-likeness (QED) is 0.615. The van der Waals surface area contributed by atoms with Gasteiger partial charge in [0.15, 0.2) is 11.5 Å². The zero-order valence-electron chi connectivity index (χ0n) is 14.5. The van der Waals surface area contributed by atoms with Crippen LogP contribution in [0.5, 0.6) is 11.5 Å². The highest BCUT2D eigenvalue weighted by atomic mass is 79.9. The van der Waals surface area contributed by atoms with E-state index < -0.39 is 0 Å². The van der Waals surface area contributed by atoms with Crippen LogP contribution in [-0.2, 0) is 0 Å². The first-order chi connectivity index (χ1) is 12.2. The van der Waals surface area contributed by atoms with Crippen molar-refractivity contribution < 1.29 is 14.3 Å². The van der Waals surface area contributed by atoms with Crippen molar-refractivity contribution in [3.8, 4) is 11.5 Å². The number of hydrogen-bond donors (Lipinski definition) is 2. The van der Waals surface area contributed by atoms with E-state index in [9.17, 15) is 4.79 Å². The predicted molar refractivity (Wildman–Crippen MR) is 104 cm³/mol. The van der Waals surface area contributed by atoms with Crippen molar-refractivity contribution in [2.45, 2.75) is 13.3 Å². The van der Waals surface area contributed by atoms with Crippen LogP contribution in [0.15, 0.2) is 46.9 Å². The lowest BCUT2D eigenvalue weighted by Crippen LogP contribution is -2.26. The van der Waals surface area contributed by atoms with Crippen LogP contribution in [0, 0.1) is 0 Å². The molecule has 0 aliphatic rings. The molecule has 0 unspecified atom stereocenters. The van der Waals surface area contributed by atoms with Gasteiger partial charge in [-0.25, -0.2) is 0 Å². The molecule has 0 saturated carbocycles. The first-order valence-corrected chi connectivity index (χ1v) is 9.02. The first-order valence-electron chi connectivity index (χ1n) is 8.23. The van der Waals surface area contributed by atoms with Crippen molar-refractivity contribution in [1.82, 2.24) is 5.32 Å². The number of amides is 1. The minimum atomic E-state index is -0.137. The molecule has 0 aliphatic carbocycles. The second kappa shape index (κ2) is 9.93. The van der Waals surface area contributed by atoms with Gasteiger partial charge >= 0.3 is 0 Å². The van der Waals surface area contributed by atoms with E-state index in [1.165, 1.54) is 0 Å². The molecule has 0 radical (unpaired) electrons. The van der Waals surface area contributed by atoms with Gasteiger partial charge < -0.3 is 20.1 Å². The van der Waals surface area contributed by atoms with E-state index >= 15 is 0 Å². The fraction of sp³-hybridized carbons (Fsp3) is 0.316. The van der Waals surface area contributed by atoms with Crippen molar-refractivity contribution >= 4 is 27.5 Å². The molecular formula is C19H23BrN2O3. The molecule has 0 aromatic heterocycles. The molecule has 2 N–H and O–H groups in total. The fourth-order valence-electron chi connectivity index (χ4n) is 2.32. The van der Waals surface area contributed by atoms with Crippen molar-refractivity contribution in [2.75, 3.05) is 32.1 Å².